The molecule has 0 fully saturated rings. The molecule has 1 aromatic carbocycles. The minimum atomic E-state index is -4.70. The number of aromatic nitrogens is 1. The number of benzene rings is 1. The summed E-state index contributed by atoms with van der Waals surface area (Å²) in [5, 5.41) is 0. The Morgan fingerprint density at radius 3 is 2.45 bits per heavy atom. The molecule has 0 saturated heterocycles. The Morgan fingerprint density at radius 2 is 1.80 bits per heavy atom. The predicted octanol–water partition coefficient (Wildman–Crippen LogP) is 4.72. The summed E-state index contributed by atoms with van der Waals surface area (Å²) in [6.45, 7) is 1.82. The van der Waals surface area contributed by atoms with Crippen LogP contribution in [0.3, 0.4) is 0 Å². The maximum Gasteiger partial charge on any atom is 0.419 e. The lowest BCUT2D eigenvalue weighted by atomic mass is 10.1. The molecular formula is C15H11F4N. The van der Waals surface area contributed by atoms with Crippen molar-refractivity contribution in [3.63, 3.8) is 0 Å². The van der Waals surface area contributed by atoms with Gasteiger partial charge in [-0.2, -0.15) is 13.2 Å². The summed E-state index contributed by atoms with van der Waals surface area (Å²) in [6, 6.07) is 8.23. The van der Waals surface area contributed by atoms with Gasteiger partial charge in [-0.05, 0) is 42.8 Å². The fourth-order valence-corrected chi connectivity index (χ4v) is 1.70. The Bertz CT molecular complexity index is 645. The Kier molecular flexibility index (Phi) is 3.88. The Morgan fingerprint density at radius 1 is 1.05 bits per heavy atom. The third kappa shape index (κ3) is 3.44. The minimum absolute atomic E-state index is 0.266. The number of alkyl halides is 3. The first kappa shape index (κ1) is 14.2. The van der Waals surface area contributed by atoms with Gasteiger partial charge >= 0.3 is 6.18 Å². The zero-order valence-corrected chi connectivity index (χ0v) is 10.6. The summed E-state index contributed by atoms with van der Waals surface area (Å²) in [6.07, 6.45) is -1.65. The molecule has 0 saturated carbocycles. The highest BCUT2D eigenvalue weighted by Gasteiger charge is 2.33. The number of pyridine rings is 1. The zero-order chi connectivity index (χ0) is 14.8. The predicted molar refractivity (Wildman–Crippen MR) is 69.3 cm³/mol. The summed E-state index contributed by atoms with van der Waals surface area (Å²) in [4.78, 5) is 4.19. The average Bonchev–Trinajstić information content (AvgIpc) is 2.36. The van der Waals surface area contributed by atoms with E-state index in [1.165, 1.54) is 12.1 Å². The fraction of sp³-hybridized carbons (Fsp3) is 0.133. The highest BCUT2D eigenvalue weighted by molar-refractivity contribution is 5.68. The quantitative estimate of drug-likeness (QED) is 0.726. The molecule has 104 valence electrons. The van der Waals surface area contributed by atoms with Crippen LogP contribution in [-0.2, 0) is 6.18 Å². The topological polar surface area (TPSA) is 12.9 Å². The lowest BCUT2D eigenvalue weighted by Crippen LogP contribution is -2.08. The van der Waals surface area contributed by atoms with Gasteiger partial charge in [0.25, 0.3) is 0 Å². The van der Waals surface area contributed by atoms with Gasteiger partial charge in [-0.25, -0.2) is 4.39 Å². The number of halogens is 4. The molecule has 0 aliphatic rings. The van der Waals surface area contributed by atoms with Crippen LogP contribution < -0.4 is 0 Å². The molecule has 0 amide bonds. The van der Waals surface area contributed by atoms with E-state index in [0.29, 0.717) is 5.69 Å². The highest BCUT2D eigenvalue weighted by atomic mass is 19.4. The normalized spacial score (nSPS) is 12.1. The fourth-order valence-electron chi connectivity index (χ4n) is 1.70. The largest absolute Gasteiger partial charge is 0.419 e. The molecule has 2 aromatic rings. The molecule has 0 N–H and O–H groups in total. The van der Waals surface area contributed by atoms with E-state index in [0.717, 1.165) is 17.8 Å². The van der Waals surface area contributed by atoms with E-state index in [1.807, 2.05) is 13.0 Å². The molecule has 0 unspecified atom stereocenters. The summed E-state index contributed by atoms with van der Waals surface area (Å²) in [7, 11) is 0. The maximum absolute atomic E-state index is 13.1. The van der Waals surface area contributed by atoms with Gasteiger partial charge in [-0.3, -0.25) is 4.98 Å². The summed E-state index contributed by atoms with van der Waals surface area (Å²) < 4.78 is 50.8. The zero-order valence-electron chi connectivity index (χ0n) is 10.6. The van der Waals surface area contributed by atoms with Crippen molar-refractivity contribution in [2.75, 3.05) is 0 Å². The van der Waals surface area contributed by atoms with Crippen molar-refractivity contribution in [3.8, 4) is 0 Å². The van der Waals surface area contributed by atoms with Gasteiger partial charge < -0.3 is 0 Å². The molecule has 0 spiro atoms. The van der Waals surface area contributed by atoms with E-state index >= 15 is 0 Å². The Labute approximate surface area is 113 Å². The van der Waals surface area contributed by atoms with Crippen LogP contribution >= 0.6 is 0 Å². The summed E-state index contributed by atoms with van der Waals surface area (Å²) in [5.41, 5.74) is 0.434. The van der Waals surface area contributed by atoms with Gasteiger partial charge in [0.1, 0.15) is 5.82 Å². The lowest BCUT2D eigenvalue weighted by molar-refractivity contribution is -0.140. The summed E-state index contributed by atoms with van der Waals surface area (Å²) >= 11 is 0. The summed E-state index contributed by atoms with van der Waals surface area (Å²) in [5.74, 6) is -1.27. The van der Waals surface area contributed by atoms with Crippen LogP contribution in [-0.4, -0.2) is 4.98 Å². The average molecular weight is 281 g/mol. The Balaban J connectivity index is 2.31. The first-order valence-corrected chi connectivity index (χ1v) is 5.85. The van der Waals surface area contributed by atoms with E-state index in [4.69, 9.17) is 0 Å². The van der Waals surface area contributed by atoms with E-state index in [-0.39, 0.29) is 5.56 Å². The van der Waals surface area contributed by atoms with Crippen molar-refractivity contribution in [1.82, 2.24) is 4.98 Å². The van der Waals surface area contributed by atoms with Crippen molar-refractivity contribution in [1.29, 1.82) is 0 Å². The van der Waals surface area contributed by atoms with Gasteiger partial charge in [0, 0.05) is 5.69 Å². The van der Waals surface area contributed by atoms with Crippen LogP contribution in [0.15, 0.2) is 36.4 Å². The van der Waals surface area contributed by atoms with Crippen molar-refractivity contribution in [2.45, 2.75) is 13.1 Å². The van der Waals surface area contributed by atoms with Crippen LogP contribution in [0.2, 0.25) is 0 Å². The second-order valence-corrected chi connectivity index (χ2v) is 4.27. The third-order valence-corrected chi connectivity index (χ3v) is 2.65. The van der Waals surface area contributed by atoms with Crippen LogP contribution in [0.5, 0.6) is 0 Å². The lowest BCUT2D eigenvalue weighted by Gasteiger charge is -2.08. The van der Waals surface area contributed by atoms with Crippen molar-refractivity contribution in [2.24, 2.45) is 0 Å². The molecule has 0 aliphatic carbocycles. The molecule has 0 bridgehead atoms. The van der Waals surface area contributed by atoms with Crippen molar-refractivity contribution >= 4 is 12.2 Å². The van der Waals surface area contributed by atoms with E-state index in [2.05, 4.69) is 4.98 Å². The molecule has 5 heteroatoms. The van der Waals surface area contributed by atoms with Gasteiger partial charge in [0.15, 0.2) is 0 Å². The van der Waals surface area contributed by atoms with Crippen molar-refractivity contribution in [3.05, 3.63) is 64.7 Å². The van der Waals surface area contributed by atoms with Crippen LogP contribution in [0, 0.1) is 12.7 Å². The van der Waals surface area contributed by atoms with E-state index in [9.17, 15) is 17.6 Å². The SMILES string of the molecule is Cc1cccc(/C=C/c2ccc(F)c(C(F)(F)F)c2)n1. The monoisotopic (exact) mass is 281 g/mol. The standard InChI is InChI=1S/C15H11F4N/c1-10-3-2-4-12(20-10)7-5-11-6-8-14(16)13(9-11)15(17,18)19/h2-9H,1H3/b7-5+. The number of hydrogen-bond donors (Lipinski definition) is 0. The van der Waals surface area contributed by atoms with Gasteiger partial charge in [-0.15, -0.1) is 0 Å². The second-order valence-electron chi connectivity index (χ2n) is 4.27. The number of nitrogens with zero attached hydrogens (tertiary/aromatic N) is 1. The smallest absolute Gasteiger partial charge is 0.254 e. The molecular weight excluding hydrogens is 270 g/mol. The van der Waals surface area contributed by atoms with E-state index < -0.39 is 17.6 Å². The molecule has 2 rings (SSSR count). The second kappa shape index (κ2) is 5.45. The molecule has 20 heavy (non-hydrogen) atoms. The number of hydrogen-bond acceptors (Lipinski definition) is 1. The first-order valence-electron chi connectivity index (χ1n) is 5.85. The highest BCUT2D eigenvalue weighted by Crippen LogP contribution is 2.32. The molecule has 0 aliphatic heterocycles. The molecule has 1 heterocycles. The van der Waals surface area contributed by atoms with Crippen LogP contribution in [0.1, 0.15) is 22.5 Å². The van der Waals surface area contributed by atoms with Crippen LogP contribution in [0.4, 0.5) is 17.6 Å². The molecule has 0 atom stereocenters. The van der Waals surface area contributed by atoms with Gasteiger partial charge in [0.2, 0.25) is 0 Å². The van der Waals surface area contributed by atoms with E-state index in [1.54, 1.807) is 18.2 Å². The number of rotatable bonds is 2. The minimum Gasteiger partial charge on any atom is -0.254 e. The van der Waals surface area contributed by atoms with Gasteiger partial charge in [-0.1, -0.05) is 18.2 Å². The van der Waals surface area contributed by atoms with Crippen molar-refractivity contribution < 1.29 is 17.6 Å². The molecule has 1 aromatic heterocycles. The third-order valence-electron chi connectivity index (χ3n) is 2.65. The Hall–Kier alpha value is -2.17. The maximum atomic E-state index is 13.1. The van der Waals surface area contributed by atoms with Crippen LogP contribution in [0.25, 0.3) is 12.2 Å². The number of aryl methyl sites for hydroxylation is 1. The first-order chi connectivity index (χ1) is 9.36. The molecule has 0 radical (unpaired) electrons. The molecule has 1 nitrogen and oxygen atoms in total. The van der Waals surface area contributed by atoms with Gasteiger partial charge in [0.05, 0.1) is 11.3 Å².